The minimum absolute atomic E-state index is 0.0260. The Kier molecular flexibility index (Phi) is 14.3. The van der Waals surface area contributed by atoms with Gasteiger partial charge in [-0.05, 0) is 30.4 Å². The number of nitrogens with one attached hydrogen (secondary N) is 4. The largest absolute Gasteiger partial charge is 0.508 e. The van der Waals surface area contributed by atoms with E-state index >= 15 is 0 Å². The first-order chi connectivity index (χ1) is 19.5. The van der Waals surface area contributed by atoms with Crippen LogP contribution in [-0.4, -0.2) is 95.2 Å². The van der Waals surface area contributed by atoms with Crippen LogP contribution in [0, 0.1) is 5.41 Å². The maximum Gasteiger partial charge on any atom is 0.508 e. The molecule has 20 heteroatoms. The van der Waals surface area contributed by atoms with Crippen LogP contribution in [0.5, 0.6) is 0 Å². The first-order valence-corrected chi connectivity index (χ1v) is 14.4. The number of anilines is 1. The van der Waals surface area contributed by atoms with E-state index in [2.05, 4.69) is 38.4 Å². The highest BCUT2D eigenvalue weighted by molar-refractivity contribution is 8.76. The van der Waals surface area contributed by atoms with Crippen LogP contribution >= 0.6 is 33.8 Å². The highest BCUT2D eigenvalue weighted by Gasteiger charge is 2.58. The summed E-state index contributed by atoms with van der Waals surface area (Å²) in [6.07, 6.45) is -2.64. The molecule has 0 radical (unpaired) electrons. The van der Waals surface area contributed by atoms with Gasteiger partial charge < -0.3 is 40.8 Å². The molecule has 0 aromatic carbocycles. The van der Waals surface area contributed by atoms with Crippen LogP contribution in [0.1, 0.15) is 5.69 Å². The number of amidine groups is 1. The number of alkyl halides is 2. The van der Waals surface area contributed by atoms with Crippen molar-refractivity contribution in [2.75, 3.05) is 36.6 Å². The van der Waals surface area contributed by atoms with Crippen molar-refractivity contribution in [2.45, 2.75) is 24.4 Å². The SMILES string of the molecule is N=C(N)/C=C\NC1OC(COC(=O)OCCSSCCOC(=O)Nc2cccnc2/C=N/NC(N)=S)C(O)C1(F)F. The summed E-state index contributed by atoms with van der Waals surface area (Å²) in [4.78, 5) is 27.8. The van der Waals surface area contributed by atoms with Gasteiger partial charge in [0.1, 0.15) is 37.5 Å². The molecule has 0 spiro atoms. The van der Waals surface area contributed by atoms with Gasteiger partial charge in [0, 0.05) is 23.9 Å². The lowest BCUT2D eigenvalue weighted by molar-refractivity contribution is -0.117. The summed E-state index contributed by atoms with van der Waals surface area (Å²) in [5, 5.41) is 25.3. The van der Waals surface area contributed by atoms with Crippen molar-refractivity contribution in [1.29, 1.82) is 5.41 Å². The molecule has 226 valence electrons. The number of hydrogen-bond acceptors (Lipinski definition) is 14. The van der Waals surface area contributed by atoms with Crippen molar-refractivity contribution in [2.24, 2.45) is 16.6 Å². The third-order valence-corrected chi connectivity index (χ3v) is 7.01. The second-order valence-electron chi connectivity index (χ2n) is 7.61. The standard InChI is InChI=1S/C21H28F2N8O7S3/c22-21(23)16(32)14(38-17(21)28-5-3-15(24)25)11-37-20(34)36-7-9-41-40-8-6-35-19(33)30-12-2-1-4-27-13(12)10-29-31-18(26)39/h1-5,10,14,16-17,28,32H,6-9,11H2,(H3,24,25)(H,30,33)(H3,26,31,39)/b5-3-,29-10+. The van der Waals surface area contributed by atoms with Crippen molar-refractivity contribution in [3.63, 3.8) is 0 Å². The van der Waals surface area contributed by atoms with E-state index in [4.69, 9.17) is 35.8 Å². The van der Waals surface area contributed by atoms with E-state index < -0.39 is 43.2 Å². The summed E-state index contributed by atoms with van der Waals surface area (Å²) in [5.74, 6) is -3.27. The number of aliphatic hydroxyl groups is 1. The Hall–Kier alpha value is -3.46. The van der Waals surface area contributed by atoms with E-state index in [1.54, 1.807) is 12.1 Å². The minimum atomic E-state index is -3.69. The predicted molar refractivity (Wildman–Crippen MR) is 153 cm³/mol. The van der Waals surface area contributed by atoms with E-state index in [9.17, 15) is 23.5 Å². The summed E-state index contributed by atoms with van der Waals surface area (Å²) < 4.78 is 48.0. The van der Waals surface area contributed by atoms with E-state index in [1.165, 1.54) is 34.0 Å². The average Bonchev–Trinajstić information content (AvgIpc) is 3.12. The summed E-state index contributed by atoms with van der Waals surface area (Å²) in [6, 6.07) is 3.22. The Bertz CT molecular complexity index is 1120. The molecule has 15 nitrogen and oxygen atoms in total. The van der Waals surface area contributed by atoms with Gasteiger partial charge >= 0.3 is 18.2 Å². The zero-order valence-corrected chi connectivity index (χ0v) is 23.6. The van der Waals surface area contributed by atoms with Crippen LogP contribution in [0.3, 0.4) is 0 Å². The fourth-order valence-electron chi connectivity index (χ4n) is 2.82. The third-order valence-electron chi connectivity index (χ3n) is 4.59. The smallest absolute Gasteiger partial charge is 0.448 e. The van der Waals surface area contributed by atoms with Crippen molar-refractivity contribution < 1.29 is 42.4 Å². The van der Waals surface area contributed by atoms with Crippen LogP contribution in [-0.2, 0) is 18.9 Å². The number of nitrogens with zero attached hydrogens (tertiary/aromatic N) is 2. The number of ether oxygens (including phenoxy) is 4. The van der Waals surface area contributed by atoms with Crippen molar-refractivity contribution in [1.82, 2.24) is 15.7 Å². The number of nitrogens with two attached hydrogens (primary N) is 2. The number of hydrazone groups is 1. The molecule has 3 atom stereocenters. The second-order valence-corrected chi connectivity index (χ2v) is 10.8. The number of pyridine rings is 1. The fourth-order valence-corrected chi connectivity index (χ4v) is 4.52. The Morgan fingerprint density at radius 1 is 1.27 bits per heavy atom. The second kappa shape index (κ2) is 17.4. The van der Waals surface area contributed by atoms with Gasteiger partial charge in [0.15, 0.2) is 17.4 Å². The Labute approximate surface area is 246 Å². The number of hydrogen-bond donors (Lipinski definition) is 7. The number of aromatic nitrogens is 1. The first-order valence-electron chi connectivity index (χ1n) is 11.5. The number of amides is 1. The average molecular weight is 639 g/mol. The van der Waals surface area contributed by atoms with Gasteiger partial charge in [-0.25, -0.2) is 9.59 Å². The topological polar surface area (TPSA) is 229 Å². The highest BCUT2D eigenvalue weighted by atomic mass is 33.1. The lowest BCUT2D eigenvalue weighted by atomic mass is 10.1. The van der Waals surface area contributed by atoms with Crippen molar-refractivity contribution in [3.8, 4) is 0 Å². The molecule has 2 heterocycles. The molecule has 1 aromatic rings. The Balaban J connectivity index is 1.56. The van der Waals surface area contributed by atoms with Crippen LogP contribution in [0.25, 0.3) is 0 Å². The van der Waals surface area contributed by atoms with Crippen molar-refractivity contribution >= 4 is 68.9 Å². The number of halogens is 2. The molecule has 0 saturated carbocycles. The number of rotatable bonds is 15. The minimum Gasteiger partial charge on any atom is -0.448 e. The van der Waals surface area contributed by atoms with Crippen LogP contribution in [0.2, 0.25) is 0 Å². The molecule has 1 amide bonds. The first kappa shape index (κ1) is 33.7. The molecule has 1 aliphatic rings. The number of aliphatic hydroxyl groups excluding tert-OH is 1. The third kappa shape index (κ3) is 12.3. The Morgan fingerprint density at radius 2 is 1.98 bits per heavy atom. The summed E-state index contributed by atoms with van der Waals surface area (Å²) in [7, 11) is 2.69. The van der Waals surface area contributed by atoms with E-state index in [-0.39, 0.29) is 24.2 Å². The molecular formula is C21H28F2N8O7S3. The zero-order chi connectivity index (χ0) is 30.3. The number of thiocarbonyl (C=S) groups is 1. The normalized spacial score (nSPS) is 19.5. The molecule has 1 fully saturated rings. The van der Waals surface area contributed by atoms with E-state index in [0.29, 0.717) is 22.9 Å². The van der Waals surface area contributed by atoms with Gasteiger partial charge in [-0.15, -0.1) is 0 Å². The lowest BCUT2D eigenvalue weighted by Crippen LogP contribution is -2.45. The maximum atomic E-state index is 14.1. The summed E-state index contributed by atoms with van der Waals surface area (Å²) in [6.45, 7) is -0.623. The summed E-state index contributed by atoms with van der Waals surface area (Å²) >= 11 is 4.64. The molecule has 9 N–H and O–H groups in total. The Morgan fingerprint density at radius 3 is 2.66 bits per heavy atom. The van der Waals surface area contributed by atoms with Gasteiger partial charge in [-0.2, -0.15) is 13.9 Å². The van der Waals surface area contributed by atoms with Crippen LogP contribution < -0.4 is 27.5 Å². The predicted octanol–water partition coefficient (Wildman–Crippen LogP) is 1.09. The van der Waals surface area contributed by atoms with E-state index in [1.807, 2.05) is 0 Å². The van der Waals surface area contributed by atoms with Crippen LogP contribution in [0.15, 0.2) is 35.7 Å². The highest BCUT2D eigenvalue weighted by Crippen LogP contribution is 2.35. The van der Waals surface area contributed by atoms with Gasteiger partial charge in [0.25, 0.3) is 0 Å². The number of carbonyl (C=O) groups is 2. The summed E-state index contributed by atoms with van der Waals surface area (Å²) in [5.41, 5.74) is 13.5. The van der Waals surface area contributed by atoms with Gasteiger partial charge in [-0.3, -0.25) is 21.1 Å². The fraction of sp³-hybridized carbons (Fsp3) is 0.429. The van der Waals surface area contributed by atoms with Gasteiger partial charge in [-0.1, -0.05) is 21.6 Å². The monoisotopic (exact) mass is 638 g/mol. The maximum absolute atomic E-state index is 14.1. The van der Waals surface area contributed by atoms with Crippen LogP contribution in [0.4, 0.5) is 24.1 Å². The molecular weight excluding hydrogens is 610 g/mol. The molecule has 2 rings (SSSR count). The van der Waals surface area contributed by atoms with Gasteiger partial charge in [0.2, 0.25) is 0 Å². The molecule has 0 aliphatic carbocycles. The molecule has 1 aliphatic heterocycles. The molecule has 1 aromatic heterocycles. The molecule has 3 unspecified atom stereocenters. The lowest BCUT2D eigenvalue weighted by Gasteiger charge is -2.19. The van der Waals surface area contributed by atoms with E-state index in [0.717, 1.165) is 12.3 Å². The molecule has 1 saturated heterocycles. The quantitative estimate of drug-likeness (QED) is 0.0271. The van der Waals surface area contributed by atoms with Gasteiger partial charge in [0.05, 0.1) is 11.9 Å². The van der Waals surface area contributed by atoms with Crippen molar-refractivity contribution in [3.05, 3.63) is 36.3 Å². The molecule has 0 bridgehead atoms. The molecule has 41 heavy (non-hydrogen) atoms. The number of carbonyl (C=O) groups excluding carboxylic acids is 2. The zero-order valence-electron chi connectivity index (χ0n) is 21.2.